The van der Waals surface area contributed by atoms with Crippen LogP contribution in [0.2, 0.25) is 10.0 Å². The molecule has 2 aliphatic rings. The number of carbonyl (C=O) groups excluding carboxylic acids is 1. The monoisotopic (exact) mass is 787 g/mol. The lowest BCUT2D eigenvalue weighted by atomic mass is 9.96. The van der Waals surface area contributed by atoms with Crippen molar-refractivity contribution in [2.45, 2.75) is 51.4 Å². The lowest BCUT2D eigenvalue weighted by Crippen LogP contribution is -2.39. The number of nitrogens with one attached hydrogen (secondary N) is 2. The van der Waals surface area contributed by atoms with Crippen molar-refractivity contribution in [2.75, 3.05) is 30.9 Å². The first-order chi connectivity index (χ1) is 26.5. The van der Waals surface area contributed by atoms with Crippen LogP contribution in [0.3, 0.4) is 0 Å². The molecule has 1 aliphatic heterocycles. The molecule has 11 nitrogen and oxygen atoms in total. The predicted octanol–water partition coefficient (Wildman–Crippen LogP) is 7.91. The number of ether oxygens (including phenoxy) is 2. The lowest BCUT2D eigenvalue weighted by Gasteiger charge is -2.30. The molecule has 1 aliphatic carbocycles. The molecule has 55 heavy (non-hydrogen) atoms. The molecule has 0 spiro atoms. The Morgan fingerprint density at radius 2 is 1.76 bits per heavy atom. The number of aromatic nitrogens is 2. The number of carboxylic acids is 1. The van der Waals surface area contributed by atoms with Crippen molar-refractivity contribution in [1.82, 2.24) is 14.5 Å². The van der Waals surface area contributed by atoms with Crippen molar-refractivity contribution < 1.29 is 33.7 Å². The fourth-order valence-corrected chi connectivity index (χ4v) is 7.95. The summed E-state index contributed by atoms with van der Waals surface area (Å²) in [6, 6.07) is 19.2. The number of anilines is 2. The molecule has 0 bridgehead atoms. The smallest absolute Gasteiger partial charge is 0.337 e. The van der Waals surface area contributed by atoms with Crippen LogP contribution in [0.4, 0.5) is 15.8 Å². The Labute approximate surface area is 327 Å². The maximum absolute atomic E-state index is 15.8. The standard InChI is InChI=1S/C41H40Cl2FN5O6/c1-22(21-50)49-17-16-32-31(20-49)46-39(48(32)2)40(51)47-30-13-7-11-26(36(30)42)23-9-6-10-25-24(23)14-15-33(25)55-35-18-34(54-3)28(38(44)37(35)43)19-45-29-12-5-4-8-27(29)41(52)53/h4-13,18,22,33,45,50H,14-17,19-21H2,1-3H3,(H,47,51)(H,52,53). The number of aromatic carboxylic acids is 1. The van der Waals surface area contributed by atoms with Crippen LogP contribution < -0.4 is 20.1 Å². The van der Waals surface area contributed by atoms with Crippen molar-refractivity contribution >= 4 is 46.5 Å². The van der Waals surface area contributed by atoms with Gasteiger partial charge < -0.3 is 34.9 Å². The third-order valence-electron chi connectivity index (χ3n) is 10.5. The van der Waals surface area contributed by atoms with Gasteiger partial charge in [-0.2, -0.15) is 0 Å². The van der Waals surface area contributed by atoms with Gasteiger partial charge in [-0.1, -0.05) is 65.7 Å². The number of amides is 1. The van der Waals surface area contributed by atoms with Gasteiger partial charge in [0.2, 0.25) is 0 Å². The van der Waals surface area contributed by atoms with Crippen LogP contribution in [0, 0.1) is 5.82 Å². The number of hydrogen-bond acceptors (Lipinski definition) is 8. The highest BCUT2D eigenvalue weighted by Gasteiger charge is 2.31. The molecule has 0 fully saturated rings. The maximum atomic E-state index is 15.8. The van der Waals surface area contributed by atoms with Gasteiger partial charge in [0.1, 0.15) is 22.6 Å². The topological polar surface area (TPSA) is 138 Å². The first-order valence-electron chi connectivity index (χ1n) is 17.9. The number of imidazole rings is 1. The number of fused-ring (bicyclic) bond motifs is 2. The molecule has 1 amide bonds. The lowest BCUT2D eigenvalue weighted by molar-refractivity contribution is 0.0697. The molecular weight excluding hydrogens is 748 g/mol. The minimum absolute atomic E-state index is 0.00205. The first kappa shape index (κ1) is 38.1. The van der Waals surface area contributed by atoms with Gasteiger partial charge in [0.05, 0.1) is 41.2 Å². The molecule has 2 unspecified atom stereocenters. The number of carboxylic acid groups (broad SMARTS) is 1. The zero-order valence-corrected chi connectivity index (χ0v) is 32.0. The van der Waals surface area contributed by atoms with Crippen LogP contribution in [0.25, 0.3) is 11.1 Å². The molecule has 4 aromatic carbocycles. The van der Waals surface area contributed by atoms with E-state index in [0.29, 0.717) is 35.8 Å². The van der Waals surface area contributed by atoms with Crippen LogP contribution in [0.5, 0.6) is 11.5 Å². The summed E-state index contributed by atoms with van der Waals surface area (Å²) in [4.78, 5) is 32.1. The predicted molar refractivity (Wildman–Crippen MR) is 209 cm³/mol. The second-order valence-corrected chi connectivity index (χ2v) is 14.4. The highest BCUT2D eigenvalue weighted by Crippen LogP contribution is 2.45. The van der Waals surface area contributed by atoms with Crippen LogP contribution >= 0.6 is 23.2 Å². The third kappa shape index (κ3) is 7.35. The van der Waals surface area contributed by atoms with E-state index in [-0.39, 0.29) is 58.6 Å². The van der Waals surface area contributed by atoms with Gasteiger partial charge in [-0.05, 0) is 54.7 Å². The zero-order chi connectivity index (χ0) is 39.0. The minimum atomic E-state index is -1.11. The summed E-state index contributed by atoms with van der Waals surface area (Å²) < 4.78 is 29.6. The Kier molecular flexibility index (Phi) is 11.0. The average Bonchev–Trinajstić information content (AvgIpc) is 3.76. The number of hydrogen-bond donors (Lipinski definition) is 4. The van der Waals surface area contributed by atoms with Crippen molar-refractivity contribution in [1.29, 1.82) is 0 Å². The molecule has 5 aromatic rings. The van der Waals surface area contributed by atoms with E-state index in [1.807, 2.05) is 48.9 Å². The quantitative estimate of drug-likeness (QED) is 0.0994. The molecule has 14 heteroatoms. The summed E-state index contributed by atoms with van der Waals surface area (Å²) >= 11 is 13.6. The van der Waals surface area contributed by atoms with Crippen molar-refractivity contribution in [2.24, 2.45) is 7.05 Å². The molecular formula is C41H40Cl2FN5O6. The number of benzene rings is 4. The van der Waals surface area contributed by atoms with E-state index >= 15 is 4.39 Å². The Bertz CT molecular complexity index is 2300. The van der Waals surface area contributed by atoms with E-state index < -0.39 is 17.9 Å². The van der Waals surface area contributed by atoms with Crippen LogP contribution in [0.15, 0.2) is 66.7 Å². The van der Waals surface area contributed by atoms with Gasteiger partial charge in [0, 0.05) is 62.2 Å². The normalized spacial score (nSPS) is 15.6. The van der Waals surface area contributed by atoms with Crippen LogP contribution in [-0.2, 0) is 33.0 Å². The number of nitrogens with zero attached hydrogens (tertiary/aromatic N) is 3. The largest absolute Gasteiger partial charge is 0.496 e. The summed E-state index contributed by atoms with van der Waals surface area (Å²) in [6.07, 6.45) is 1.51. The minimum Gasteiger partial charge on any atom is -0.496 e. The number of aliphatic hydroxyl groups excluding tert-OH is 1. The number of para-hydroxylation sites is 1. The second kappa shape index (κ2) is 15.9. The van der Waals surface area contributed by atoms with Gasteiger partial charge in [-0.25, -0.2) is 14.2 Å². The summed E-state index contributed by atoms with van der Waals surface area (Å²) in [7, 11) is 3.25. The summed E-state index contributed by atoms with van der Waals surface area (Å²) in [6.45, 7) is 3.26. The van der Waals surface area contributed by atoms with Gasteiger partial charge in [-0.15, -0.1) is 0 Å². The fourth-order valence-electron chi connectivity index (χ4n) is 7.46. The third-order valence-corrected chi connectivity index (χ3v) is 11.2. The molecule has 286 valence electrons. The first-order valence-corrected chi connectivity index (χ1v) is 18.6. The number of rotatable bonds is 12. The fraction of sp³-hybridized carbons (Fsp3) is 0.293. The highest BCUT2D eigenvalue weighted by molar-refractivity contribution is 6.36. The molecule has 1 aromatic heterocycles. The highest BCUT2D eigenvalue weighted by atomic mass is 35.5. The van der Waals surface area contributed by atoms with E-state index in [0.717, 1.165) is 46.6 Å². The van der Waals surface area contributed by atoms with Crippen LogP contribution in [0.1, 0.15) is 68.5 Å². The molecule has 0 radical (unpaired) electrons. The number of methoxy groups -OCH3 is 1. The molecule has 4 N–H and O–H groups in total. The zero-order valence-electron chi connectivity index (χ0n) is 30.5. The maximum Gasteiger partial charge on any atom is 0.337 e. The van der Waals surface area contributed by atoms with E-state index in [2.05, 4.69) is 20.5 Å². The average molecular weight is 789 g/mol. The van der Waals surface area contributed by atoms with E-state index in [1.54, 1.807) is 30.3 Å². The summed E-state index contributed by atoms with van der Waals surface area (Å²) in [5.41, 5.74) is 6.29. The number of halogens is 3. The molecule has 2 atom stereocenters. The summed E-state index contributed by atoms with van der Waals surface area (Å²) in [5, 5.41) is 25.3. The van der Waals surface area contributed by atoms with Gasteiger partial charge in [-0.3, -0.25) is 9.69 Å². The Balaban J connectivity index is 1.10. The van der Waals surface area contributed by atoms with Gasteiger partial charge in [0.25, 0.3) is 5.91 Å². The van der Waals surface area contributed by atoms with E-state index in [4.69, 9.17) is 32.7 Å². The molecule has 2 heterocycles. The number of aliphatic hydroxyl groups is 1. The van der Waals surface area contributed by atoms with Crippen molar-refractivity contribution in [3.8, 4) is 22.6 Å². The Hall–Kier alpha value is -5.14. The van der Waals surface area contributed by atoms with Crippen molar-refractivity contribution in [3.63, 3.8) is 0 Å². The molecule has 7 rings (SSSR count). The second-order valence-electron chi connectivity index (χ2n) is 13.7. The Morgan fingerprint density at radius 3 is 2.53 bits per heavy atom. The van der Waals surface area contributed by atoms with Gasteiger partial charge in [0.15, 0.2) is 11.6 Å². The number of carbonyl (C=O) groups is 2. The van der Waals surface area contributed by atoms with Crippen LogP contribution in [-0.4, -0.2) is 62.8 Å². The van der Waals surface area contributed by atoms with Gasteiger partial charge >= 0.3 is 5.97 Å². The SMILES string of the molecule is COc1cc(OC2CCc3c(-c4cccc(NC(=O)c5nc6c(n5C)CCN(C(C)CO)C6)c4Cl)cccc32)c(Cl)c(F)c1CNc1ccccc1C(=O)O. The molecule has 0 saturated heterocycles. The van der Waals surface area contributed by atoms with Crippen molar-refractivity contribution in [3.05, 3.63) is 122 Å². The van der Waals surface area contributed by atoms with E-state index in [9.17, 15) is 19.8 Å². The molecule has 0 saturated carbocycles. The van der Waals surface area contributed by atoms with E-state index in [1.165, 1.54) is 13.2 Å². The Morgan fingerprint density at radius 1 is 1.02 bits per heavy atom. The summed E-state index contributed by atoms with van der Waals surface area (Å²) in [5.74, 6) is -1.64.